The molecule has 158 valence electrons. The summed E-state index contributed by atoms with van der Waals surface area (Å²) in [7, 11) is 0. The van der Waals surface area contributed by atoms with Crippen LogP contribution in [0.2, 0.25) is 0 Å². The van der Waals surface area contributed by atoms with Gasteiger partial charge in [0.2, 0.25) is 5.91 Å². The Morgan fingerprint density at radius 2 is 1.87 bits per heavy atom. The van der Waals surface area contributed by atoms with Crippen molar-refractivity contribution in [2.24, 2.45) is 5.73 Å². The van der Waals surface area contributed by atoms with Gasteiger partial charge in [-0.05, 0) is 54.8 Å². The number of carbonyl (C=O) groups excluding carboxylic acids is 2. The number of carbonyl (C=O) groups is 2. The summed E-state index contributed by atoms with van der Waals surface area (Å²) in [5.74, 6) is 0.595. The number of ketones is 1. The van der Waals surface area contributed by atoms with Crippen LogP contribution >= 0.6 is 0 Å². The highest BCUT2D eigenvalue weighted by atomic mass is 19.1. The number of aryl methyl sites for hydroxylation is 1. The lowest BCUT2D eigenvalue weighted by molar-refractivity contribution is 0.0931. The fourth-order valence-corrected chi connectivity index (χ4v) is 3.77. The molecule has 2 N–H and O–H groups in total. The highest BCUT2D eigenvalue weighted by Gasteiger charge is 2.24. The molecule has 3 aromatic carbocycles. The number of halogens is 1. The molecule has 3 aromatic rings. The number of primary amides is 1. The van der Waals surface area contributed by atoms with E-state index < -0.39 is 11.7 Å². The van der Waals surface area contributed by atoms with E-state index in [0.29, 0.717) is 53.4 Å². The standard InChI is InChI=1S/C25H22FNO4/c1-14-11-20-21(28)9-10-30-24(20)15(2)23(14)31-22-13-19(26)8-7-18(22)12-16-3-5-17(6-4-16)25(27)29/h3-8,11,13H,9-10,12H2,1-2H3,(H2,27,29). The van der Waals surface area contributed by atoms with Crippen LogP contribution in [0, 0.1) is 19.7 Å². The molecule has 0 aliphatic carbocycles. The molecule has 0 radical (unpaired) electrons. The molecule has 0 atom stereocenters. The van der Waals surface area contributed by atoms with Gasteiger partial charge in [0, 0.05) is 30.0 Å². The Morgan fingerprint density at radius 1 is 1.13 bits per heavy atom. The minimum atomic E-state index is -0.489. The average molecular weight is 419 g/mol. The van der Waals surface area contributed by atoms with E-state index in [0.717, 1.165) is 16.7 Å². The van der Waals surface area contributed by atoms with E-state index in [1.807, 2.05) is 26.0 Å². The molecular formula is C25H22FNO4. The number of hydrogen-bond acceptors (Lipinski definition) is 4. The maximum absolute atomic E-state index is 14.1. The monoisotopic (exact) mass is 419 g/mol. The molecule has 6 heteroatoms. The Morgan fingerprint density at radius 3 is 2.58 bits per heavy atom. The van der Waals surface area contributed by atoms with Gasteiger partial charge in [0.25, 0.3) is 0 Å². The third kappa shape index (κ3) is 4.14. The molecule has 0 saturated carbocycles. The van der Waals surface area contributed by atoms with Crippen molar-refractivity contribution in [3.05, 3.63) is 87.7 Å². The number of fused-ring (bicyclic) bond motifs is 1. The quantitative estimate of drug-likeness (QED) is 0.639. The van der Waals surface area contributed by atoms with Crippen LogP contribution in [0.1, 0.15) is 49.4 Å². The number of ether oxygens (including phenoxy) is 2. The Balaban J connectivity index is 1.69. The lowest BCUT2D eigenvalue weighted by Crippen LogP contribution is -2.17. The van der Waals surface area contributed by atoms with Crippen LogP contribution in [-0.2, 0) is 6.42 Å². The van der Waals surface area contributed by atoms with Crippen LogP contribution in [0.4, 0.5) is 4.39 Å². The van der Waals surface area contributed by atoms with Crippen molar-refractivity contribution >= 4 is 11.7 Å². The number of rotatable bonds is 5. The summed E-state index contributed by atoms with van der Waals surface area (Å²) in [6.45, 7) is 4.02. The molecule has 0 aromatic heterocycles. The maximum Gasteiger partial charge on any atom is 0.248 e. The van der Waals surface area contributed by atoms with Crippen molar-refractivity contribution < 1.29 is 23.5 Å². The number of hydrogen-bond donors (Lipinski definition) is 1. The lowest BCUT2D eigenvalue weighted by atomic mass is 9.97. The fourth-order valence-electron chi connectivity index (χ4n) is 3.77. The summed E-state index contributed by atoms with van der Waals surface area (Å²) in [6, 6.07) is 13.1. The summed E-state index contributed by atoms with van der Waals surface area (Å²) < 4.78 is 26.0. The van der Waals surface area contributed by atoms with E-state index >= 15 is 0 Å². The summed E-state index contributed by atoms with van der Waals surface area (Å²) >= 11 is 0. The van der Waals surface area contributed by atoms with Crippen LogP contribution < -0.4 is 15.2 Å². The molecule has 1 amide bonds. The van der Waals surface area contributed by atoms with Crippen LogP contribution in [0.25, 0.3) is 0 Å². The van der Waals surface area contributed by atoms with Gasteiger partial charge in [0.05, 0.1) is 12.2 Å². The van der Waals surface area contributed by atoms with Gasteiger partial charge in [-0.1, -0.05) is 18.2 Å². The van der Waals surface area contributed by atoms with Crippen LogP contribution in [0.5, 0.6) is 17.2 Å². The lowest BCUT2D eigenvalue weighted by Gasteiger charge is -2.22. The molecule has 1 aliphatic heterocycles. The summed E-state index contributed by atoms with van der Waals surface area (Å²) in [4.78, 5) is 23.5. The number of Topliss-reactive ketones (excluding diaryl/α,β-unsaturated/α-hetero) is 1. The predicted octanol–water partition coefficient (Wildman–Crippen LogP) is 4.89. The Bertz CT molecular complexity index is 1190. The molecule has 5 nitrogen and oxygen atoms in total. The Labute approximate surface area is 179 Å². The Hall–Kier alpha value is -3.67. The normalized spacial score (nSPS) is 12.8. The topological polar surface area (TPSA) is 78.6 Å². The van der Waals surface area contributed by atoms with Crippen molar-refractivity contribution in [1.82, 2.24) is 0 Å². The fraction of sp³-hybridized carbons (Fsp3) is 0.200. The van der Waals surface area contributed by atoms with Gasteiger partial charge in [-0.15, -0.1) is 0 Å². The molecule has 1 heterocycles. The zero-order chi connectivity index (χ0) is 22.1. The summed E-state index contributed by atoms with van der Waals surface area (Å²) in [6.07, 6.45) is 0.835. The van der Waals surface area contributed by atoms with E-state index in [4.69, 9.17) is 15.2 Å². The highest BCUT2D eigenvalue weighted by Crippen LogP contribution is 2.40. The van der Waals surface area contributed by atoms with Gasteiger partial charge in [0.15, 0.2) is 5.78 Å². The van der Waals surface area contributed by atoms with Crippen molar-refractivity contribution in [3.63, 3.8) is 0 Å². The maximum atomic E-state index is 14.1. The van der Waals surface area contributed by atoms with Gasteiger partial charge in [-0.3, -0.25) is 9.59 Å². The predicted molar refractivity (Wildman–Crippen MR) is 115 cm³/mol. The van der Waals surface area contributed by atoms with Crippen molar-refractivity contribution in [2.45, 2.75) is 26.7 Å². The molecule has 4 rings (SSSR count). The van der Waals surface area contributed by atoms with Crippen molar-refractivity contribution in [2.75, 3.05) is 6.61 Å². The molecule has 0 spiro atoms. The summed E-state index contributed by atoms with van der Waals surface area (Å²) in [5, 5.41) is 0. The minimum Gasteiger partial charge on any atom is -0.492 e. The van der Waals surface area contributed by atoms with E-state index in [2.05, 4.69) is 0 Å². The minimum absolute atomic E-state index is 0.0462. The highest BCUT2D eigenvalue weighted by molar-refractivity contribution is 6.00. The second kappa shape index (κ2) is 8.22. The van der Waals surface area contributed by atoms with Crippen molar-refractivity contribution in [1.29, 1.82) is 0 Å². The van der Waals surface area contributed by atoms with E-state index in [1.54, 1.807) is 24.3 Å². The third-order valence-electron chi connectivity index (χ3n) is 5.39. The number of nitrogens with two attached hydrogens (primary N) is 1. The van der Waals surface area contributed by atoms with E-state index in [1.165, 1.54) is 12.1 Å². The van der Waals surface area contributed by atoms with Gasteiger partial charge in [-0.2, -0.15) is 0 Å². The smallest absolute Gasteiger partial charge is 0.248 e. The number of amides is 1. The van der Waals surface area contributed by atoms with Gasteiger partial charge in [-0.25, -0.2) is 4.39 Å². The molecule has 31 heavy (non-hydrogen) atoms. The molecular weight excluding hydrogens is 397 g/mol. The van der Waals surface area contributed by atoms with Gasteiger partial charge < -0.3 is 15.2 Å². The van der Waals surface area contributed by atoms with Gasteiger partial charge >= 0.3 is 0 Å². The first-order valence-corrected chi connectivity index (χ1v) is 9.98. The van der Waals surface area contributed by atoms with E-state index in [-0.39, 0.29) is 5.78 Å². The second-order valence-electron chi connectivity index (χ2n) is 7.64. The number of benzene rings is 3. The van der Waals surface area contributed by atoms with Crippen LogP contribution in [0.3, 0.4) is 0 Å². The van der Waals surface area contributed by atoms with Crippen LogP contribution in [-0.4, -0.2) is 18.3 Å². The molecule has 0 bridgehead atoms. The van der Waals surface area contributed by atoms with Crippen LogP contribution in [0.15, 0.2) is 48.5 Å². The zero-order valence-corrected chi connectivity index (χ0v) is 17.3. The summed E-state index contributed by atoms with van der Waals surface area (Å²) in [5.41, 5.74) is 9.47. The second-order valence-corrected chi connectivity index (χ2v) is 7.64. The molecule has 1 aliphatic rings. The largest absolute Gasteiger partial charge is 0.492 e. The Kier molecular flexibility index (Phi) is 5.46. The third-order valence-corrected chi connectivity index (χ3v) is 5.39. The van der Waals surface area contributed by atoms with E-state index in [9.17, 15) is 14.0 Å². The first-order valence-electron chi connectivity index (χ1n) is 9.98. The van der Waals surface area contributed by atoms with Gasteiger partial charge in [0.1, 0.15) is 23.1 Å². The molecule has 0 fully saturated rings. The first kappa shape index (κ1) is 20.6. The van der Waals surface area contributed by atoms with Crippen molar-refractivity contribution in [3.8, 4) is 17.2 Å². The molecule has 0 saturated heterocycles. The molecule has 0 unspecified atom stereocenters. The average Bonchev–Trinajstić information content (AvgIpc) is 2.74. The zero-order valence-electron chi connectivity index (χ0n) is 17.3. The SMILES string of the molecule is Cc1cc2c(c(C)c1Oc1cc(F)ccc1Cc1ccc(C(N)=O)cc1)OCCC2=O. The first-order chi connectivity index (χ1) is 14.8.